The van der Waals surface area contributed by atoms with Gasteiger partial charge < -0.3 is 0 Å². The van der Waals surface area contributed by atoms with Gasteiger partial charge in [0.25, 0.3) is 10.1 Å². The maximum absolute atomic E-state index is 13.7. The molecule has 45 heavy (non-hydrogen) atoms. The molecule has 0 spiro atoms. The van der Waals surface area contributed by atoms with Crippen LogP contribution in [-0.2, 0) is 10.1 Å². The quantitative estimate of drug-likeness (QED) is 0.152. The van der Waals surface area contributed by atoms with Gasteiger partial charge in [0.1, 0.15) is 0 Å². The maximum Gasteiger partial charge on any atom is 0.460 e. The highest BCUT2D eigenvalue weighted by atomic mass is 32.2. The molecule has 0 atom stereocenters. The number of rotatable bonds is 13. The van der Waals surface area contributed by atoms with Crippen LogP contribution >= 0.6 is 0 Å². The Hall–Kier alpha value is -2.17. The highest BCUT2D eigenvalue weighted by Gasteiger charge is 2.99. The topological polar surface area (TPSA) is 54.4 Å². The normalized spacial score (nSPS) is 17.2. The average molecular weight is 758 g/mol. The Morgan fingerprint density at radius 3 is 0.822 bits per heavy atom. The number of halogens is 26. The van der Waals surface area contributed by atoms with Crippen LogP contribution in [-0.4, -0.2) is 90.0 Å². The fourth-order valence-corrected chi connectivity index (χ4v) is 2.77. The molecule has 30 heteroatoms. The van der Waals surface area contributed by atoms with E-state index < -0.39 is 99.1 Å². The van der Waals surface area contributed by atoms with Gasteiger partial charge >= 0.3 is 71.3 Å². The molecule has 0 bridgehead atoms. The van der Waals surface area contributed by atoms with Gasteiger partial charge in [-0.2, -0.15) is 118 Å². The Balaban J connectivity index is 7.41. The van der Waals surface area contributed by atoms with Crippen LogP contribution in [0, 0.1) is 0 Å². The first-order valence-electron chi connectivity index (χ1n) is 9.42. The van der Waals surface area contributed by atoms with Crippen LogP contribution in [0.1, 0.15) is 0 Å². The summed E-state index contributed by atoms with van der Waals surface area (Å²) in [7, 11) is -5.83. The molecule has 0 saturated heterocycles. The summed E-state index contributed by atoms with van der Waals surface area (Å²) < 4.78 is 374. The number of alkyl halides is 25. The second kappa shape index (κ2) is 10.7. The van der Waals surface area contributed by atoms with E-state index in [2.05, 4.69) is 0 Å². The lowest BCUT2D eigenvalue weighted by Gasteiger charge is -2.45. The standard InChI is InChI=1S/C15H4F26O3S/c16-3(1-2-45(42,43)44)4(17,18)5(19,20)6(21,22)7(23,24)8(25,26)9(27,28)10(29,30)11(31,32)12(33,34)13(35,36)14(37,38)15(39,40)41/h1H,2H2,(H,42,43,44). The Morgan fingerprint density at radius 1 is 0.422 bits per heavy atom. The summed E-state index contributed by atoms with van der Waals surface area (Å²) in [6, 6.07) is 0. The van der Waals surface area contributed by atoms with Crippen molar-refractivity contribution in [3.05, 3.63) is 11.9 Å². The van der Waals surface area contributed by atoms with Crippen molar-refractivity contribution < 1.29 is 127 Å². The Morgan fingerprint density at radius 2 is 0.622 bits per heavy atom. The van der Waals surface area contributed by atoms with Gasteiger partial charge in [-0.25, -0.2) is 4.39 Å². The zero-order valence-corrected chi connectivity index (χ0v) is 20.1. The van der Waals surface area contributed by atoms with Crippen molar-refractivity contribution in [1.29, 1.82) is 0 Å². The summed E-state index contributed by atoms with van der Waals surface area (Å²) in [6.45, 7) is 0. The van der Waals surface area contributed by atoms with E-state index in [4.69, 9.17) is 4.55 Å². The predicted octanol–water partition coefficient (Wildman–Crippen LogP) is 8.28. The second-order valence-electron chi connectivity index (χ2n) is 8.12. The molecule has 0 aromatic rings. The minimum absolute atomic E-state index is 1.63. The van der Waals surface area contributed by atoms with Crippen LogP contribution in [0.5, 0.6) is 0 Å². The lowest BCUT2D eigenvalue weighted by Crippen LogP contribution is -2.78. The number of allylic oxidation sites excluding steroid dienone is 1. The van der Waals surface area contributed by atoms with Crippen molar-refractivity contribution in [3.63, 3.8) is 0 Å². The van der Waals surface area contributed by atoms with E-state index in [1.807, 2.05) is 0 Å². The molecular formula is C15H4F26O3S. The molecule has 0 aromatic carbocycles. The van der Waals surface area contributed by atoms with Gasteiger partial charge in [0.15, 0.2) is 5.83 Å². The first-order chi connectivity index (χ1) is 18.9. The molecule has 0 aromatic heterocycles. The van der Waals surface area contributed by atoms with Crippen molar-refractivity contribution in [1.82, 2.24) is 0 Å². The van der Waals surface area contributed by atoms with Gasteiger partial charge in [-0.05, 0) is 6.08 Å². The smallest absolute Gasteiger partial charge is 0.285 e. The van der Waals surface area contributed by atoms with Crippen LogP contribution in [0.2, 0.25) is 0 Å². The van der Waals surface area contributed by atoms with Crippen molar-refractivity contribution in [2.24, 2.45) is 0 Å². The third kappa shape index (κ3) is 5.60. The zero-order valence-electron chi connectivity index (χ0n) is 19.3. The fourth-order valence-electron chi connectivity index (χ4n) is 2.41. The third-order valence-corrected chi connectivity index (χ3v) is 5.66. The summed E-state index contributed by atoms with van der Waals surface area (Å²) >= 11 is 0. The molecule has 3 nitrogen and oxygen atoms in total. The molecule has 0 aliphatic rings. The van der Waals surface area contributed by atoms with Crippen LogP contribution in [0.4, 0.5) is 114 Å². The Labute approximate surface area is 227 Å². The largest absolute Gasteiger partial charge is 0.460 e. The highest BCUT2D eigenvalue weighted by molar-refractivity contribution is 7.85. The molecule has 1 N–H and O–H groups in total. The summed E-state index contributed by atoms with van der Waals surface area (Å²) in [5, 5.41) is 0. The Bertz CT molecular complexity index is 1240. The molecule has 0 amide bonds. The predicted molar refractivity (Wildman–Crippen MR) is 86.1 cm³/mol. The van der Waals surface area contributed by atoms with Gasteiger partial charge in [-0.3, -0.25) is 4.55 Å². The molecular weight excluding hydrogens is 754 g/mol. The van der Waals surface area contributed by atoms with Crippen molar-refractivity contribution in [2.75, 3.05) is 5.75 Å². The van der Waals surface area contributed by atoms with Gasteiger partial charge in [0, 0.05) is 0 Å². The monoisotopic (exact) mass is 758 g/mol. The lowest BCUT2D eigenvalue weighted by atomic mass is 9.84. The lowest BCUT2D eigenvalue weighted by molar-refractivity contribution is -0.481. The molecule has 0 saturated carbocycles. The second-order valence-corrected chi connectivity index (χ2v) is 9.61. The molecule has 0 rings (SSSR count). The zero-order chi connectivity index (χ0) is 37.5. The van der Waals surface area contributed by atoms with Crippen LogP contribution < -0.4 is 0 Å². The summed E-state index contributed by atoms with van der Waals surface area (Å²) in [6.07, 6.45) is -9.87. The van der Waals surface area contributed by atoms with E-state index in [0.29, 0.717) is 0 Å². The van der Waals surface area contributed by atoms with E-state index in [1.54, 1.807) is 0 Å². The summed E-state index contributed by atoms with van der Waals surface area (Å²) in [4.78, 5) is 0. The molecule has 0 aliphatic heterocycles. The van der Waals surface area contributed by atoms with Gasteiger partial charge in [-0.15, -0.1) is 0 Å². The molecule has 0 fully saturated rings. The molecule has 270 valence electrons. The average Bonchev–Trinajstić information content (AvgIpc) is 2.79. The number of hydrogen-bond donors (Lipinski definition) is 1. The van der Waals surface area contributed by atoms with Crippen molar-refractivity contribution in [3.8, 4) is 0 Å². The number of hydrogen-bond acceptors (Lipinski definition) is 2. The van der Waals surface area contributed by atoms with Crippen LogP contribution in [0.15, 0.2) is 11.9 Å². The minimum Gasteiger partial charge on any atom is -0.285 e. The van der Waals surface area contributed by atoms with E-state index in [0.717, 1.165) is 0 Å². The fraction of sp³-hybridized carbons (Fsp3) is 0.867. The maximum atomic E-state index is 13.7. The minimum atomic E-state index is -9.77. The van der Waals surface area contributed by atoms with E-state index in [9.17, 15) is 123 Å². The molecule has 0 aliphatic carbocycles. The van der Waals surface area contributed by atoms with E-state index >= 15 is 0 Å². The third-order valence-electron chi connectivity index (χ3n) is 5.07. The van der Waals surface area contributed by atoms with Crippen molar-refractivity contribution in [2.45, 2.75) is 71.3 Å². The highest BCUT2D eigenvalue weighted by Crippen LogP contribution is 2.68. The summed E-state index contributed by atoms with van der Waals surface area (Å²) in [5.41, 5.74) is 0. The molecule has 0 unspecified atom stereocenters. The van der Waals surface area contributed by atoms with Crippen LogP contribution in [0.3, 0.4) is 0 Å². The van der Waals surface area contributed by atoms with E-state index in [1.165, 1.54) is 0 Å². The van der Waals surface area contributed by atoms with E-state index in [-0.39, 0.29) is 0 Å². The molecule has 0 heterocycles. The first-order valence-corrected chi connectivity index (χ1v) is 11.0. The van der Waals surface area contributed by atoms with Gasteiger partial charge in [0.2, 0.25) is 0 Å². The van der Waals surface area contributed by atoms with Crippen LogP contribution in [0.25, 0.3) is 0 Å². The molecule has 0 radical (unpaired) electrons. The van der Waals surface area contributed by atoms with Crippen molar-refractivity contribution >= 4 is 10.1 Å². The Kier molecular flexibility index (Phi) is 10.2. The van der Waals surface area contributed by atoms with Gasteiger partial charge in [-0.1, -0.05) is 0 Å². The van der Waals surface area contributed by atoms with Gasteiger partial charge in [0.05, 0.1) is 5.75 Å². The summed E-state index contributed by atoms with van der Waals surface area (Å²) in [5.74, 6) is -109. The first kappa shape index (κ1) is 42.8. The SMILES string of the molecule is O=S(=O)(O)CC=C(F)C(F)(F)C(F)(F)C(F)(F)C(F)(F)C(F)(F)C(F)(F)C(F)(F)C(F)(F)C(F)(F)C(F)(F)C(F)(F)C(F)(F)F.